The fraction of sp³-hybridized carbons (Fsp3) is 0.750. The Morgan fingerprint density at radius 3 is 3.09 bits per heavy atom. The number of hydrogen-bond donors (Lipinski definition) is 1. The molecule has 0 fully saturated rings. The SMILES string of the molecule is CC1=NCC(C(C)O)CC=N1. The highest BCUT2D eigenvalue weighted by Gasteiger charge is 2.14. The van der Waals surface area contributed by atoms with Crippen molar-refractivity contribution < 1.29 is 5.11 Å². The second-order valence-electron chi connectivity index (χ2n) is 2.94. The summed E-state index contributed by atoms with van der Waals surface area (Å²) in [4.78, 5) is 8.26. The highest BCUT2D eigenvalue weighted by Crippen LogP contribution is 2.10. The maximum absolute atomic E-state index is 9.26. The molecule has 1 aliphatic rings. The molecule has 2 atom stereocenters. The summed E-state index contributed by atoms with van der Waals surface area (Å²) in [5.74, 6) is 1.06. The minimum Gasteiger partial charge on any atom is -0.393 e. The zero-order valence-electron chi connectivity index (χ0n) is 6.99. The van der Waals surface area contributed by atoms with Gasteiger partial charge in [0, 0.05) is 18.7 Å². The lowest BCUT2D eigenvalue weighted by molar-refractivity contribution is 0.134. The van der Waals surface area contributed by atoms with E-state index in [1.807, 2.05) is 13.1 Å². The zero-order valence-corrected chi connectivity index (χ0v) is 6.99. The summed E-state index contributed by atoms with van der Waals surface area (Å²) in [6.45, 7) is 4.37. The van der Waals surface area contributed by atoms with Gasteiger partial charge in [-0.25, -0.2) is 4.99 Å². The van der Waals surface area contributed by atoms with Crippen LogP contribution in [-0.2, 0) is 0 Å². The number of aliphatic hydroxyl groups is 1. The van der Waals surface area contributed by atoms with Gasteiger partial charge in [0.25, 0.3) is 0 Å². The third-order valence-corrected chi connectivity index (χ3v) is 1.92. The van der Waals surface area contributed by atoms with Crippen LogP contribution in [0.3, 0.4) is 0 Å². The Morgan fingerprint density at radius 1 is 1.73 bits per heavy atom. The van der Waals surface area contributed by atoms with Crippen LogP contribution in [-0.4, -0.2) is 29.8 Å². The van der Waals surface area contributed by atoms with E-state index in [2.05, 4.69) is 9.98 Å². The first-order valence-electron chi connectivity index (χ1n) is 3.92. The molecule has 1 aliphatic heterocycles. The number of nitrogens with zero attached hydrogens (tertiary/aromatic N) is 2. The van der Waals surface area contributed by atoms with E-state index in [1.54, 1.807) is 6.92 Å². The molecular weight excluding hydrogens is 140 g/mol. The van der Waals surface area contributed by atoms with Crippen LogP contribution in [0.2, 0.25) is 0 Å². The normalized spacial score (nSPS) is 27.5. The van der Waals surface area contributed by atoms with E-state index in [1.165, 1.54) is 0 Å². The van der Waals surface area contributed by atoms with E-state index in [9.17, 15) is 5.11 Å². The van der Waals surface area contributed by atoms with E-state index in [4.69, 9.17) is 0 Å². The molecule has 11 heavy (non-hydrogen) atoms. The van der Waals surface area contributed by atoms with Crippen LogP contribution in [0.15, 0.2) is 9.98 Å². The molecule has 0 radical (unpaired) electrons. The van der Waals surface area contributed by atoms with E-state index in [0.29, 0.717) is 6.54 Å². The highest BCUT2D eigenvalue weighted by atomic mass is 16.3. The van der Waals surface area contributed by atoms with Crippen molar-refractivity contribution in [1.82, 2.24) is 0 Å². The summed E-state index contributed by atoms with van der Waals surface area (Å²) in [6.07, 6.45) is 2.39. The van der Waals surface area contributed by atoms with Gasteiger partial charge in [-0.1, -0.05) is 0 Å². The highest BCUT2D eigenvalue weighted by molar-refractivity contribution is 5.88. The van der Waals surface area contributed by atoms with Gasteiger partial charge in [0.15, 0.2) is 0 Å². The predicted octanol–water partition coefficient (Wildman–Crippen LogP) is 0.876. The maximum Gasteiger partial charge on any atom is 0.119 e. The summed E-state index contributed by atoms with van der Waals surface area (Å²) < 4.78 is 0. The zero-order chi connectivity index (χ0) is 8.27. The molecule has 0 bridgehead atoms. The van der Waals surface area contributed by atoms with Crippen LogP contribution in [0, 0.1) is 5.92 Å². The Kier molecular flexibility index (Phi) is 2.76. The van der Waals surface area contributed by atoms with E-state index in [0.717, 1.165) is 12.3 Å². The lowest BCUT2D eigenvalue weighted by Crippen LogP contribution is -2.19. The fourth-order valence-electron chi connectivity index (χ4n) is 1.03. The van der Waals surface area contributed by atoms with Gasteiger partial charge in [0.2, 0.25) is 0 Å². The van der Waals surface area contributed by atoms with Crippen LogP contribution in [0.1, 0.15) is 20.3 Å². The second kappa shape index (κ2) is 3.62. The standard InChI is InChI=1S/C8H14N2O/c1-6(11)8-3-4-9-7(2)10-5-8/h4,6,8,11H,3,5H2,1-2H3. The molecule has 1 rings (SSSR count). The average molecular weight is 154 g/mol. The molecule has 0 aromatic carbocycles. The van der Waals surface area contributed by atoms with Gasteiger partial charge in [0.1, 0.15) is 5.84 Å². The lowest BCUT2D eigenvalue weighted by Gasteiger charge is -2.13. The minimum absolute atomic E-state index is 0.246. The molecule has 62 valence electrons. The fourth-order valence-corrected chi connectivity index (χ4v) is 1.03. The quantitative estimate of drug-likeness (QED) is 0.598. The number of aliphatic imine (C=N–C) groups is 2. The van der Waals surface area contributed by atoms with Crippen LogP contribution in [0.4, 0.5) is 0 Å². The Balaban J connectivity index is 2.57. The molecule has 0 aliphatic carbocycles. The molecule has 3 heteroatoms. The predicted molar refractivity (Wildman–Crippen MR) is 46.3 cm³/mol. The first-order valence-corrected chi connectivity index (χ1v) is 3.92. The van der Waals surface area contributed by atoms with Crippen molar-refractivity contribution in [3.63, 3.8) is 0 Å². The molecule has 1 N–H and O–H groups in total. The van der Waals surface area contributed by atoms with Gasteiger partial charge in [-0.15, -0.1) is 0 Å². The average Bonchev–Trinajstić information content (AvgIpc) is 2.13. The van der Waals surface area contributed by atoms with Crippen molar-refractivity contribution in [1.29, 1.82) is 0 Å². The van der Waals surface area contributed by atoms with Crippen LogP contribution >= 0.6 is 0 Å². The second-order valence-corrected chi connectivity index (χ2v) is 2.94. The summed E-state index contributed by atoms with van der Waals surface area (Å²) in [5, 5.41) is 9.26. The summed E-state index contributed by atoms with van der Waals surface area (Å²) >= 11 is 0. The summed E-state index contributed by atoms with van der Waals surface area (Å²) in [5.41, 5.74) is 0. The number of amidine groups is 1. The van der Waals surface area contributed by atoms with Crippen LogP contribution in [0.5, 0.6) is 0 Å². The molecule has 2 unspecified atom stereocenters. The van der Waals surface area contributed by atoms with E-state index < -0.39 is 0 Å². The van der Waals surface area contributed by atoms with E-state index >= 15 is 0 Å². The van der Waals surface area contributed by atoms with Crippen LogP contribution < -0.4 is 0 Å². The van der Waals surface area contributed by atoms with Crippen molar-refractivity contribution in [3.8, 4) is 0 Å². The summed E-state index contributed by atoms with van der Waals surface area (Å²) in [7, 11) is 0. The van der Waals surface area contributed by atoms with Gasteiger partial charge in [0.05, 0.1) is 6.10 Å². The third kappa shape index (κ3) is 2.42. The first kappa shape index (κ1) is 8.40. The Bertz CT molecular complexity index is 185. The van der Waals surface area contributed by atoms with Gasteiger partial charge in [-0.2, -0.15) is 0 Å². The number of rotatable bonds is 1. The molecule has 0 saturated carbocycles. The Labute approximate surface area is 66.9 Å². The molecular formula is C8H14N2O. The molecule has 0 saturated heterocycles. The topological polar surface area (TPSA) is 45.0 Å². The number of aliphatic hydroxyl groups excluding tert-OH is 1. The van der Waals surface area contributed by atoms with Crippen LogP contribution in [0.25, 0.3) is 0 Å². The van der Waals surface area contributed by atoms with Gasteiger partial charge < -0.3 is 5.11 Å². The monoisotopic (exact) mass is 154 g/mol. The Morgan fingerprint density at radius 2 is 2.45 bits per heavy atom. The van der Waals surface area contributed by atoms with Gasteiger partial charge in [-0.05, 0) is 20.3 Å². The molecule has 0 spiro atoms. The van der Waals surface area contributed by atoms with Crippen molar-refractivity contribution >= 4 is 12.1 Å². The maximum atomic E-state index is 9.26. The minimum atomic E-state index is -0.281. The molecule has 3 nitrogen and oxygen atoms in total. The summed E-state index contributed by atoms with van der Waals surface area (Å²) in [6, 6.07) is 0. The van der Waals surface area contributed by atoms with Gasteiger partial charge in [-0.3, -0.25) is 4.99 Å². The smallest absolute Gasteiger partial charge is 0.119 e. The first-order chi connectivity index (χ1) is 5.20. The lowest BCUT2D eigenvalue weighted by atomic mass is 10.0. The molecule has 0 amide bonds. The molecule has 1 heterocycles. The largest absolute Gasteiger partial charge is 0.393 e. The van der Waals surface area contributed by atoms with Gasteiger partial charge >= 0.3 is 0 Å². The molecule has 0 aromatic rings. The van der Waals surface area contributed by atoms with Crippen molar-refractivity contribution in [3.05, 3.63) is 0 Å². The van der Waals surface area contributed by atoms with E-state index in [-0.39, 0.29) is 12.0 Å². The van der Waals surface area contributed by atoms with Crippen molar-refractivity contribution in [2.45, 2.75) is 26.4 Å². The molecule has 0 aromatic heterocycles. The third-order valence-electron chi connectivity index (χ3n) is 1.92. The Hall–Kier alpha value is -0.700. The van der Waals surface area contributed by atoms with Crippen molar-refractivity contribution in [2.75, 3.05) is 6.54 Å². The van der Waals surface area contributed by atoms with Crippen molar-refractivity contribution in [2.24, 2.45) is 15.9 Å². The number of hydrogen-bond acceptors (Lipinski definition) is 3.